The predicted molar refractivity (Wildman–Crippen MR) is 147 cm³/mol. The number of benzene rings is 1. The van der Waals surface area contributed by atoms with Crippen LogP contribution in [0.4, 0.5) is 5.69 Å². The number of nitrogens with zero attached hydrogens (tertiary/aromatic N) is 6. The quantitative estimate of drug-likeness (QED) is 0.493. The molecule has 2 aromatic heterocycles. The number of morpholine rings is 1. The summed E-state index contributed by atoms with van der Waals surface area (Å²) in [5, 5.41) is 4.47. The normalized spacial score (nSPS) is 28.5. The number of fused-ring (bicyclic) bond motifs is 3. The highest BCUT2D eigenvalue weighted by Gasteiger charge is 2.42. The summed E-state index contributed by atoms with van der Waals surface area (Å²) in [4.78, 5) is 26.5. The smallest absolute Gasteiger partial charge is 0.253 e. The Labute approximate surface area is 229 Å². The summed E-state index contributed by atoms with van der Waals surface area (Å²) in [6.07, 6.45) is 6.97. The number of carbonyl (C=O) groups excluding carboxylic acids is 1. The average molecular weight is 531 g/mol. The number of ether oxygens (including phenoxy) is 2. The molecule has 5 aliphatic rings. The average Bonchev–Trinajstić information content (AvgIpc) is 3.57. The SMILES string of the molecule is Cc1nc2nc(C)c(O[C@@H]3CCN(c4ccc(C5CCC(C(=O)N6CC7CC(C6)O7)CC5)cc4)C3)c(C)n2n1. The molecule has 39 heavy (non-hydrogen) atoms. The zero-order valence-electron chi connectivity index (χ0n) is 23.2. The summed E-state index contributed by atoms with van der Waals surface area (Å²) in [5.74, 6) is 3.25. The molecule has 1 aliphatic carbocycles. The van der Waals surface area contributed by atoms with E-state index in [2.05, 4.69) is 49.1 Å². The first kappa shape index (κ1) is 24.8. The summed E-state index contributed by atoms with van der Waals surface area (Å²) in [5.41, 5.74) is 4.44. The number of carbonyl (C=O) groups is 1. The molecule has 0 spiro atoms. The summed E-state index contributed by atoms with van der Waals surface area (Å²) in [6, 6.07) is 9.12. The van der Waals surface area contributed by atoms with Crippen molar-refractivity contribution in [3.8, 4) is 5.75 Å². The maximum Gasteiger partial charge on any atom is 0.253 e. The number of amides is 1. The molecule has 1 aromatic carbocycles. The van der Waals surface area contributed by atoms with Gasteiger partial charge in [0, 0.05) is 44.1 Å². The van der Waals surface area contributed by atoms with Crippen molar-refractivity contribution in [2.24, 2.45) is 5.92 Å². The van der Waals surface area contributed by atoms with Gasteiger partial charge >= 0.3 is 0 Å². The van der Waals surface area contributed by atoms with Crippen LogP contribution in [0.3, 0.4) is 0 Å². The lowest BCUT2D eigenvalue weighted by molar-refractivity contribution is -0.190. The Morgan fingerprint density at radius 2 is 1.67 bits per heavy atom. The van der Waals surface area contributed by atoms with Crippen LogP contribution in [0, 0.1) is 26.7 Å². The van der Waals surface area contributed by atoms with Crippen molar-refractivity contribution in [2.75, 3.05) is 31.1 Å². The Hall–Kier alpha value is -3.20. The van der Waals surface area contributed by atoms with E-state index >= 15 is 0 Å². The van der Waals surface area contributed by atoms with Crippen molar-refractivity contribution in [1.29, 1.82) is 0 Å². The van der Waals surface area contributed by atoms with Crippen LogP contribution in [0.5, 0.6) is 5.75 Å². The van der Waals surface area contributed by atoms with Gasteiger partial charge in [0.05, 0.1) is 30.1 Å². The van der Waals surface area contributed by atoms with E-state index in [0.29, 0.717) is 35.6 Å². The Bertz CT molecular complexity index is 1360. The van der Waals surface area contributed by atoms with Crippen LogP contribution in [-0.2, 0) is 9.53 Å². The van der Waals surface area contributed by atoms with Gasteiger partial charge in [-0.1, -0.05) is 12.1 Å². The maximum atomic E-state index is 13.0. The first-order chi connectivity index (χ1) is 18.9. The molecule has 0 radical (unpaired) electrons. The molecule has 2 unspecified atom stereocenters. The summed E-state index contributed by atoms with van der Waals surface area (Å²) >= 11 is 0. The molecule has 206 valence electrons. The molecule has 5 fully saturated rings. The number of aromatic nitrogens is 4. The van der Waals surface area contributed by atoms with Gasteiger partial charge in [0.1, 0.15) is 11.9 Å². The second kappa shape index (κ2) is 9.77. The molecule has 3 atom stereocenters. The van der Waals surface area contributed by atoms with E-state index in [4.69, 9.17) is 9.47 Å². The van der Waals surface area contributed by atoms with Crippen molar-refractivity contribution in [2.45, 2.75) is 83.5 Å². The van der Waals surface area contributed by atoms with E-state index in [1.54, 1.807) is 4.52 Å². The number of hydrogen-bond donors (Lipinski definition) is 0. The minimum Gasteiger partial charge on any atom is -0.485 e. The van der Waals surface area contributed by atoms with Gasteiger partial charge in [0.2, 0.25) is 5.91 Å². The van der Waals surface area contributed by atoms with Crippen LogP contribution in [0.2, 0.25) is 0 Å². The van der Waals surface area contributed by atoms with E-state index in [-0.39, 0.29) is 12.0 Å². The summed E-state index contributed by atoms with van der Waals surface area (Å²) < 4.78 is 14.0. The van der Waals surface area contributed by atoms with Gasteiger partial charge in [0.15, 0.2) is 5.75 Å². The van der Waals surface area contributed by atoms with Crippen LogP contribution in [0.1, 0.15) is 67.2 Å². The summed E-state index contributed by atoms with van der Waals surface area (Å²) in [6.45, 7) is 9.29. The fraction of sp³-hybridized carbons (Fsp3) is 0.600. The second-order valence-corrected chi connectivity index (χ2v) is 12.0. The molecular weight excluding hydrogens is 492 g/mol. The third-order valence-electron chi connectivity index (χ3n) is 9.24. The molecule has 3 aromatic rings. The zero-order chi connectivity index (χ0) is 26.7. The topological polar surface area (TPSA) is 85.1 Å². The van der Waals surface area contributed by atoms with E-state index in [9.17, 15) is 4.79 Å². The largest absolute Gasteiger partial charge is 0.485 e. The van der Waals surface area contributed by atoms with Gasteiger partial charge in [0.25, 0.3) is 5.78 Å². The van der Waals surface area contributed by atoms with Gasteiger partial charge in [-0.25, -0.2) is 4.98 Å². The predicted octanol–water partition coefficient (Wildman–Crippen LogP) is 3.98. The number of aryl methyl sites for hydroxylation is 3. The monoisotopic (exact) mass is 530 g/mol. The highest BCUT2D eigenvalue weighted by atomic mass is 16.5. The Morgan fingerprint density at radius 1 is 0.949 bits per heavy atom. The van der Waals surface area contributed by atoms with Crippen LogP contribution in [-0.4, -0.2) is 74.9 Å². The van der Waals surface area contributed by atoms with Crippen molar-refractivity contribution in [1.82, 2.24) is 24.5 Å². The van der Waals surface area contributed by atoms with Crippen LogP contribution in [0.15, 0.2) is 24.3 Å². The molecule has 1 saturated carbocycles. The number of rotatable bonds is 5. The maximum absolute atomic E-state index is 13.0. The van der Waals surface area contributed by atoms with Gasteiger partial charge < -0.3 is 19.3 Å². The Morgan fingerprint density at radius 3 is 2.38 bits per heavy atom. The van der Waals surface area contributed by atoms with E-state index in [1.807, 2.05) is 20.8 Å². The molecule has 6 heterocycles. The molecule has 1 amide bonds. The molecule has 4 saturated heterocycles. The fourth-order valence-corrected chi connectivity index (χ4v) is 7.08. The lowest BCUT2D eigenvalue weighted by Crippen LogP contribution is -2.59. The number of anilines is 1. The molecular formula is C30H38N6O3. The zero-order valence-corrected chi connectivity index (χ0v) is 23.2. The third kappa shape index (κ3) is 4.64. The molecule has 2 bridgehead atoms. The highest BCUT2D eigenvalue weighted by molar-refractivity contribution is 5.79. The molecule has 8 rings (SSSR count). The van der Waals surface area contributed by atoms with Crippen LogP contribution in [0.25, 0.3) is 5.78 Å². The molecule has 4 aliphatic heterocycles. The molecule has 9 nitrogen and oxygen atoms in total. The fourth-order valence-electron chi connectivity index (χ4n) is 7.08. The lowest BCUT2D eigenvalue weighted by atomic mass is 9.78. The second-order valence-electron chi connectivity index (χ2n) is 12.0. The van der Waals surface area contributed by atoms with Crippen LogP contribution < -0.4 is 9.64 Å². The van der Waals surface area contributed by atoms with Gasteiger partial charge in [-0.2, -0.15) is 9.50 Å². The van der Waals surface area contributed by atoms with Gasteiger partial charge in [-0.05, 0) is 70.1 Å². The summed E-state index contributed by atoms with van der Waals surface area (Å²) in [7, 11) is 0. The number of piperidine rings is 1. The number of hydrogen-bond acceptors (Lipinski definition) is 7. The van der Waals surface area contributed by atoms with E-state index in [0.717, 1.165) is 81.8 Å². The lowest BCUT2D eigenvalue weighted by Gasteiger charge is -2.48. The molecule has 9 heteroatoms. The Balaban J connectivity index is 0.940. The first-order valence-corrected chi connectivity index (χ1v) is 14.6. The third-order valence-corrected chi connectivity index (χ3v) is 9.24. The minimum absolute atomic E-state index is 0.108. The van der Waals surface area contributed by atoms with E-state index in [1.165, 1.54) is 11.3 Å². The van der Waals surface area contributed by atoms with Gasteiger partial charge in [-0.3, -0.25) is 4.79 Å². The van der Waals surface area contributed by atoms with Crippen molar-refractivity contribution < 1.29 is 14.3 Å². The van der Waals surface area contributed by atoms with E-state index < -0.39 is 0 Å². The van der Waals surface area contributed by atoms with Crippen molar-refractivity contribution >= 4 is 17.4 Å². The standard InChI is InChI=1S/C30H38N6O3/c1-18-28(19(2)36-30(31-18)32-20(3)33-36)39-25-12-13-34(15-25)24-10-8-22(9-11-24)21-4-6-23(7-5-21)29(37)35-16-26-14-27(17-35)38-26/h8-11,21,23,25-27H,4-7,12-17H2,1-3H3/t21?,23?,25-,26?,27?/m1/s1. The van der Waals surface area contributed by atoms with Crippen molar-refractivity contribution in [3.05, 3.63) is 47.0 Å². The van der Waals surface area contributed by atoms with Crippen LogP contribution >= 0.6 is 0 Å². The molecule has 0 N–H and O–H groups in total. The van der Waals surface area contributed by atoms with Gasteiger partial charge in [-0.15, -0.1) is 5.10 Å². The Kier molecular flexibility index (Phi) is 6.21. The highest BCUT2D eigenvalue weighted by Crippen LogP contribution is 2.38. The minimum atomic E-state index is 0.108. The van der Waals surface area contributed by atoms with Crippen molar-refractivity contribution in [3.63, 3.8) is 0 Å². The first-order valence-electron chi connectivity index (χ1n) is 14.6.